The van der Waals surface area contributed by atoms with Crippen LogP contribution in [0.5, 0.6) is 0 Å². The highest BCUT2D eigenvalue weighted by molar-refractivity contribution is 8.10. The first-order chi connectivity index (χ1) is 3.30. The van der Waals surface area contributed by atoms with E-state index in [0.717, 1.165) is 18.6 Å². The fraction of sp³-hybridized carbons (Fsp3) is 0.800. The normalized spacial score (nSPS) is 31.6. The first-order valence-corrected chi connectivity index (χ1v) is 4.26. The monoisotopic (exact) mass is 117 g/mol. The van der Waals surface area contributed by atoms with Gasteiger partial charge in [-0.1, -0.05) is 0 Å². The summed E-state index contributed by atoms with van der Waals surface area (Å²) in [6, 6.07) is 0. The van der Waals surface area contributed by atoms with E-state index in [2.05, 4.69) is 0 Å². The third kappa shape index (κ3) is 0.969. The molecule has 0 aliphatic carbocycles. The van der Waals surface area contributed by atoms with E-state index >= 15 is 0 Å². The van der Waals surface area contributed by atoms with Gasteiger partial charge < -0.3 is 0 Å². The van der Waals surface area contributed by atoms with E-state index in [-0.39, 0.29) is 10.9 Å². The average Bonchev–Trinajstić information content (AvgIpc) is 1.91. The molecule has 0 N–H and O–H groups in total. The van der Waals surface area contributed by atoms with Crippen molar-refractivity contribution in [3.8, 4) is 0 Å². The van der Waals surface area contributed by atoms with Crippen LogP contribution in [0, 0.1) is 0 Å². The van der Waals surface area contributed by atoms with Crippen LogP contribution >= 0.6 is 0 Å². The second-order valence-electron chi connectivity index (χ2n) is 1.82. The first kappa shape index (κ1) is 5.16. The zero-order chi connectivity index (χ0) is 5.28. The van der Waals surface area contributed by atoms with Crippen LogP contribution < -0.4 is 0 Å². The Bertz CT molecular complexity index is 90.1. The number of hydrogen-bond donors (Lipinski definition) is 0. The molecule has 1 saturated heterocycles. The van der Waals surface area contributed by atoms with Crippen molar-refractivity contribution in [2.45, 2.75) is 12.8 Å². The molecule has 0 amide bonds. The molecule has 1 atom stereocenters. The first-order valence-electron chi connectivity index (χ1n) is 2.46. The van der Waals surface area contributed by atoms with Crippen molar-refractivity contribution < 1.29 is 4.79 Å². The van der Waals surface area contributed by atoms with E-state index in [9.17, 15) is 4.79 Å². The maximum Gasteiger partial charge on any atom is 0.330 e. The van der Waals surface area contributed by atoms with Crippen molar-refractivity contribution in [3.63, 3.8) is 0 Å². The van der Waals surface area contributed by atoms with Crippen LogP contribution in [0.1, 0.15) is 12.8 Å². The van der Waals surface area contributed by atoms with Crippen LogP contribution in [0.15, 0.2) is 0 Å². The Morgan fingerprint density at radius 2 is 2.43 bits per heavy atom. The Hall–Kier alpha value is 0.0200. The highest BCUT2D eigenvalue weighted by Crippen LogP contribution is 2.11. The molecule has 0 aromatic rings. The molecule has 1 aliphatic rings. The number of rotatable bonds is 0. The van der Waals surface area contributed by atoms with E-state index in [4.69, 9.17) is 0 Å². The lowest BCUT2D eigenvalue weighted by Gasteiger charge is -1.80. The maximum absolute atomic E-state index is 10.6. The van der Waals surface area contributed by atoms with Crippen molar-refractivity contribution in [1.82, 2.24) is 0 Å². The smallest absolute Gasteiger partial charge is 0.238 e. The fourth-order valence-corrected chi connectivity index (χ4v) is 2.02. The van der Waals surface area contributed by atoms with Crippen molar-refractivity contribution >= 4 is 16.0 Å². The summed E-state index contributed by atoms with van der Waals surface area (Å²) in [6.45, 7) is 0. The third-order valence-electron chi connectivity index (χ3n) is 1.22. The second-order valence-corrected chi connectivity index (χ2v) is 3.95. The maximum atomic E-state index is 10.6. The lowest BCUT2D eigenvalue weighted by Crippen LogP contribution is -2.05. The van der Waals surface area contributed by atoms with E-state index in [1.807, 2.05) is 6.26 Å². The summed E-state index contributed by atoms with van der Waals surface area (Å²) in [7, 11) is 0.144. The highest BCUT2D eigenvalue weighted by atomic mass is 32.2. The predicted molar refractivity (Wildman–Crippen MR) is 32.4 cm³/mol. The number of hydrogen-bond acceptors (Lipinski definition) is 1. The van der Waals surface area contributed by atoms with Gasteiger partial charge in [-0.05, 0) is 0 Å². The third-order valence-corrected chi connectivity index (χ3v) is 3.10. The van der Waals surface area contributed by atoms with Crippen molar-refractivity contribution in [1.29, 1.82) is 0 Å². The van der Waals surface area contributed by atoms with E-state index in [0.29, 0.717) is 5.12 Å². The zero-order valence-electron chi connectivity index (χ0n) is 4.44. The minimum Gasteiger partial charge on any atom is -0.238 e. The largest absolute Gasteiger partial charge is 0.330 e. The molecule has 1 nitrogen and oxygen atoms in total. The molecule has 0 aromatic heterocycles. The molecule has 7 heavy (non-hydrogen) atoms. The summed E-state index contributed by atoms with van der Waals surface area (Å²) in [6.07, 6.45) is 4.02. The van der Waals surface area contributed by atoms with Gasteiger partial charge in [-0.15, -0.1) is 0 Å². The van der Waals surface area contributed by atoms with Crippen LogP contribution in [-0.4, -0.2) is 17.1 Å². The Morgan fingerprint density at radius 1 is 1.71 bits per heavy atom. The summed E-state index contributed by atoms with van der Waals surface area (Å²) in [5.41, 5.74) is 0. The van der Waals surface area contributed by atoms with Gasteiger partial charge >= 0.3 is 5.12 Å². The van der Waals surface area contributed by atoms with Crippen LogP contribution in [0.2, 0.25) is 0 Å². The molecular formula is C5H9OS+. The molecular weight excluding hydrogens is 108 g/mol. The molecule has 1 rings (SSSR count). The van der Waals surface area contributed by atoms with Gasteiger partial charge in [0.2, 0.25) is 0 Å². The van der Waals surface area contributed by atoms with Gasteiger partial charge in [-0.3, -0.25) is 0 Å². The highest BCUT2D eigenvalue weighted by Gasteiger charge is 2.29. The Balaban J connectivity index is 2.48. The molecule has 1 fully saturated rings. The molecule has 0 bridgehead atoms. The van der Waals surface area contributed by atoms with Gasteiger partial charge in [0.15, 0.2) is 0 Å². The van der Waals surface area contributed by atoms with Gasteiger partial charge in [0, 0.05) is 6.42 Å². The van der Waals surface area contributed by atoms with E-state index in [1.54, 1.807) is 0 Å². The molecule has 0 saturated carbocycles. The number of carbonyl (C=O) groups is 1. The summed E-state index contributed by atoms with van der Waals surface area (Å²) in [5, 5.41) is 0.486. The lowest BCUT2D eigenvalue weighted by atomic mass is 10.4. The standard InChI is InChI=1S/C5H9OS/c1-7-4-2-3-5(7)6/h2-4H2,1H3/q+1. The molecule has 0 aromatic carbocycles. The summed E-state index contributed by atoms with van der Waals surface area (Å²) in [4.78, 5) is 10.6. The van der Waals surface area contributed by atoms with Gasteiger partial charge in [0.05, 0.1) is 17.3 Å². The molecule has 2 heteroatoms. The van der Waals surface area contributed by atoms with Crippen molar-refractivity contribution in [3.05, 3.63) is 0 Å². The fourth-order valence-electron chi connectivity index (χ4n) is 0.721. The minimum atomic E-state index is 0.144. The van der Waals surface area contributed by atoms with Gasteiger partial charge in [-0.2, -0.15) is 0 Å². The number of carbonyl (C=O) groups excluding carboxylic acids is 1. The lowest BCUT2D eigenvalue weighted by molar-refractivity contribution is -0.110. The Labute approximate surface area is 46.4 Å². The second kappa shape index (κ2) is 1.86. The quantitative estimate of drug-likeness (QED) is 0.424. The van der Waals surface area contributed by atoms with Gasteiger partial charge in [0.1, 0.15) is 12.0 Å². The predicted octanol–water partition coefficient (Wildman–Crippen LogP) is 0.555. The van der Waals surface area contributed by atoms with Gasteiger partial charge in [-0.25, -0.2) is 4.79 Å². The average molecular weight is 117 g/mol. The van der Waals surface area contributed by atoms with Crippen LogP contribution in [0.3, 0.4) is 0 Å². The summed E-state index contributed by atoms with van der Waals surface area (Å²) in [5.74, 6) is 1.15. The van der Waals surface area contributed by atoms with Crippen molar-refractivity contribution in [2.75, 3.05) is 12.0 Å². The van der Waals surface area contributed by atoms with Crippen LogP contribution in [0.25, 0.3) is 0 Å². The van der Waals surface area contributed by atoms with E-state index in [1.165, 1.54) is 0 Å². The van der Waals surface area contributed by atoms with Crippen molar-refractivity contribution in [2.24, 2.45) is 0 Å². The molecule has 0 radical (unpaired) electrons. The molecule has 1 heterocycles. The van der Waals surface area contributed by atoms with E-state index < -0.39 is 0 Å². The Morgan fingerprint density at radius 3 is 2.57 bits per heavy atom. The van der Waals surface area contributed by atoms with Gasteiger partial charge in [0.25, 0.3) is 0 Å². The Kier molecular flexibility index (Phi) is 1.38. The SMILES string of the molecule is C[S+]1CCCC1=O. The minimum absolute atomic E-state index is 0.144. The summed E-state index contributed by atoms with van der Waals surface area (Å²) >= 11 is 0. The van der Waals surface area contributed by atoms with Crippen LogP contribution in [0.4, 0.5) is 0 Å². The molecule has 1 unspecified atom stereocenters. The van der Waals surface area contributed by atoms with Crippen LogP contribution in [-0.2, 0) is 15.7 Å². The summed E-state index contributed by atoms with van der Waals surface area (Å²) < 4.78 is 0. The molecule has 1 aliphatic heterocycles. The molecule has 0 spiro atoms. The molecule has 40 valence electrons. The zero-order valence-corrected chi connectivity index (χ0v) is 5.25. The topological polar surface area (TPSA) is 17.1 Å².